The van der Waals surface area contributed by atoms with Crippen molar-refractivity contribution in [3.63, 3.8) is 0 Å². The first kappa shape index (κ1) is 15.8. The summed E-state index contributed by atoms with van der Waals surface area (Å²) in [6, 6.07) is 0. The molecule has 0 saturated carbocycles. The summed E-state index contributed by atoms with van der Waals surface area (Å²) < 4.78 is 97.6. The number of halogens is 8. The number of carboxylic acids is 1. The minimum atomic E-state index is -6.80. The highest BCUT2D eigenvalue weighted by Gasteiger charge is 2.76. The molecule has 0 saturated heterocycles. The van der Waals surface area contributed by atoms with Crippen LogP contribution in [-0.4, -0.2) is 40.4 Å². The molecule has 12 heteroatoms. The lowest BCUT2D eigenvalue weighted by molar-refractivity contribution is -0.487. The Bertz CT molecular complexity index is 290. The van der Waals surface area contributed by atoms with Crippen molar-refractivity contribution in [1.29, 1.82) is 0 Å². The van der Waals surface area contributed by atoms with Crippen molar-refractivity contribution in [2.75, 3.05) is 0 Å². The van der Waals surface area contributed by atoms with Crippen LogP contribution < -0.4 is 0 Å². The van der Waals surface area contributed by atoms with Gasteiger partial charge in [0, 0.05) is 0 Å². The maximum absolute atomic E-state index is 12.6. The smallest absolute Gasteiger partial charge is 0.459 e. The molecule has 1 atom stereocenters. The van der Waals surface area contributed by atoms with E-state index in [-0.39, 0.29) is 0 Å². The first-order chi connectivity index (χ1) is 7.15. The second-order valence-electron chi connectivity index (χ2n) is 2.56. The van der Waals surface area contributed by atoms with Crippen LogP contribution in [0.3, 0.4) is 0 Å². The Morgan fingerprint density at radius 1 is 0.941 bits per heavy atom. The molecule has 0 spiro atoms. The fourth-order valence-electron chi connectivity index (χ4n) is 0.510. The summed E-state index contributed by atoms with van der Waals surface area (Å²) in [5.41, 5.74) is 0. The number of aliphatic carboxylic acids is 1. The third-order valence-corrected chi connectivity index (χ3v) is 1.27. The van der Waals surface area contributed by atoms with Crippen molar-refractivity contribution >= 4 is 5.97 Å². The molecular weight excluding hydrogens is 276 g/mol. The number of alkyl halides is 8. The summed E-state index contributed by atoms with van der Waals surface area (Å²) in [6.45, 7) is 0. The Morgan fingerprint density at radius 3 is 1.47 bits per heavy atom. The zero-order valence-corrected chi connectivity index (χ0v) is 7.23. The third kappa shape index (κ3) is 2.94. The number of hydrogen-bond donors (Lipinski definition) is 2. The molecule has 0 aliphatic rings. The van der Waals surface area contributed by atoms with Gasteiger partial charge in [-0.15, -0.1) is 0 Å². The van der Waals surface area contributed by atoms with Crippen molar-refractivity contribution in [2.24, 2.45) is 0 Å². The third-order valence-electron chi connectivity index (χ3n) is 1.27. The van der Waals surface area contributed by atoms with Gasteiger partial charge in [-0.1, -0.05) is 0 Å². The highest BCUT2D eigenvalue weighted by Crippen LogP contribution is 2.47. The Labute approximate surface area is 86.4 Å². The number of hydrogen-bond acceptors (Lipinski definition) is 3. The molecule has 0 aliphatic heterocycles. The first-order valence-corrected chi connectivity index (χ1v) is 3.32. The van der Waals surface area contributed by atoms with Crippen molar-refractivity contribution in [2.45, 2.75) is 24.2 Å². The van der Waals surface area contributed by atoms with E-state index in [1.165, 1.54) is 0 Å². The molecule has 0 aromatic carbocycles. The van der Waals surface area contributed by atoms with Crippen LogP contribution >= 0.6 is 0 Å². The summed E-state index contributed by atoms with van der Waals surface area (Å²) in [6.07, 6.45) is -19.1. The summed E-state index contributed by atoms with van der Waals surface area (Å²) >= 11 is 0. The molecule has 2 N–H and O–H groups in total. The average molecular weight is 278 g/mol. The minimum absolute atomic E-state index is 1.89. The number of aliphatic hydroxyl groups is 1. The van der Waals surface area contributed by atoms with Gasteiger partial charge in [-0.25, -0.2) is 4.79 Å². The van der Waals surface area contributed by atoms with E-state index in [1.54, 1.807) is 0 Å². The standard InChI is InChI=1S/C5H2F8O4/c6-2(7,1(14)15)17-3(8,4(9,10)11)5(12,13)16/h16H,(H,14,15). The molecule has 0 aromatic heterocycles. The fraction of sp³-hybridized carbons (Fsp3) is 0.800. The lowest BCUT2D eigenvalue weighted by atomic mass is 10.2. The Morgan fingerprint density at radius 2 is 1.29 bits per heavy atom. The van der Waals surface area contributed by atoms with E-state index in [4.69, 9.17) is 10.2 Å². The molecule has 0 fully saturated rings. The van der Waals surface area contributed by atoms with E-state index in [1.807, 2.05) is 4.74 Å². The number of carbonyl (C=O) groups is 1. The van der Waals surface area contributed by atoms with Crippen LogP contribution in [0.5, 0.6) is 0 Å². The molecule has 1 unspecified atom stereocenters. The van der Waals surface area contributed by atoms with Gasteiger partial charge in [0.2, 0.25) is 0 Å². The van der Waals surface area contributed by atoms with Crippen molar-refractivity contribution in [3.05, 3.63) is 0 Å². The molecule has 0 aromatic rings. The second kappa shape index (κ2) is 3.94. The van der Waals surface area contributed by atoms with E-state index in [2.05, 4.69) is 0 Å². The molecule has 0 heterocycles. The number of rotatable bonds is 4. The Kier molecular flexibility index (Phi) is 3.67. The average Bonchev–Trinajstić information content (AvgIpc) is 1.98. The fourth-order valence-corrected chi connectivity index (χ4v) is 0.510. The van der Waals surface area contributed by atoms with Crippen LogP contribution in [0.1, 0.15) is 0 Å². The van der Waals surface area contributed by atoms with E-state index < -0.39 is 30.2 Å². The van der Waals surface area contributed by atoms with Crippen LogP contribution in [-0.2, 0) is 9.53 Å². The lowest BCUT2D eigenvalue weighted by Crippen LogP contribution is -2.61. The molecule has 0 amide bonds. The molecule has 0 rings (SSSR count). The van der Waals surface area contributed by atoms with Crippen LogP contribution in [0.15, 0.2) is 0 Å². The number of carboxylic acid groups (broad SMARTS) is 1. The van der Waals surface area contributed by atoms with Crippen molar-refractivity contribution < 1.29 is 54.9 Å². The highest BCUT2D eigenvalue weighted by molar-refractivity contribution is 5.73. The molecule has 0 radical (unpaired) electrons. The minimum Gasteiger partial charge on any atom is -0.475 e. The normalized spacial score (nSPS) is 17.7. The van der Waals surface area contributed by atoms with Crippen molar-refractivity contribution in [3.8, 4) is 0 Å². The van der Waals surface area contributed by atoms with E-state index >= 15 is 0 Å². The van der Waals surface area contributed by atoms with Crippen LogP contribution in [0, 0.1) is 0 Å². The van der Waals surface area contributed by atoms with Gasteiger partial charge in [0.1, 0.15) is 0 Å². The molecule has 17 heavy (non-hydrogen) atoms. The van der Waals surface area contributed by atoms with Gasteiger partial charge in [-0.3, -0.25) is 4.74 Å². The molecule has 4 nitrogen and oxygen atoms in total. The van der Waals surface area contributed by atoms with Gasteiger partial charge < -0.3 is 10.2 Å². The zero-order valence-electron chi connectivity index (χ0n) is 7.23. The Hall–Kier alpha value is -1.17. The Balaban J connectivity index is 5.49. The monoisotopic (exact) mass is 278 g/mol. The quantitative estimate of drug-likeness (QED) is 0.765. The lowest BCUT2D eigenvalue weighted by Gasteiger charge is -2.32. The SMILES string of the molecule is O=C(O)C(F)(F)OC(F)(C(O)(F)F)C(F)(F)F. The van der Waals surface area contributed by atoms with E-state index in [0.717, 1.165) is 0 Å². The summed E-state index contributed by atoms with van der Waals surface area (Å²) in [7, 11) is 0. The van der Waals surface area contributed by atoms with Crippen LogP contribution in [0.2, 0.25) is 0 Å². The van der Waals surface area contributed by atoms with E-state index in [9.17, 15) is 39.9 Å². The van der Waals surface area contributed by atoms with Crippen LogP contribution in [0.25, 0.3) is 0 Å². The molecular formula is C5H2F8O4. The van der Waals surface area contributed by atoms with Gasteiger partial charge in [0.15, 0.2) is 0 Å². The molecule has 102 valence electrons. The van der Waals surface area contributed by atoms with Gasteiger partial charge in [-0.05, 0) is 0 Å². The zero-order chi connectivity index (χ0) is 14.3. The maximum atomic E-state index is 12.6. The summed E-state index contributed by atoms with van der Waals surface area (Å²) in [5, 5.41) is 15.1. The van der Waals surface area contributed by atoms with Gasteiger partial charge >= 0.3 is 30.2 Å². The predicted molar refractivity (Wildman–Crippen MR) is 30.7 cm³/mol. The largest absolute Gasteiger partial charge is 0.475 e. The summed E-state index contributed by atoms with van der Waals surface area (Å²) in [5.74, 6) is -10.0. The summed E-state index contributed by atoms with van der Waals surface area (Å²) in [4.78, 5) is 9.62. The van der Waals surface area contributed by atoms with Crippen molar-refractivity contribution in [1.82, 2.24) is 0 Å². The molecule has 0 aliphatic carbocycles. The van der Waals surface area contributed by atoms with Gasteiger partial charge in [0.05, 0.1) is 0 Å². The van der Waals surface area contributed by atoms with Gasteiger partial charge in [-0.2, -0.15) is 35.1 Å². The second-order valence-corrected chi connectivity index (χ2v) is 2.56. The predicted octanol–water partition coefficient (Wildman–Crippen LogP) is 1.49. The first-order valence-electron chi connectivity index (χ1n) is 3.32. The molecule has 0 bridgehead atoms. The van der Waals surface area contributed by atoms with Crippen LogP contribution in [0.4, 0.5) is 35.1 Å². The maximum Gasteiger partial charge on any atom is 0.459 e. The van der Waals surface area contributed by atoms with E-state index in [0.29, 0.717) is 0 Å². The topological polar surface area (TPSA) is 66.8 Å². The van der Waals surface area contributed by atoms with Gasteiger partial charge in [0.25, 0.3) is 0 Å². The number of ether oxygens (including phenoxy) is 1. The highest BCUT2D eigenvalue weighted by atomic mass is 19.4.